The fraction of sp³-hybridized carbons (Fsp3) is 0.200. The Hall–Kier alpha value is -4.68. The molecule has 0 saturated heterocycles. The van der Waals surface area contributed by atoms with Gasteiger partial charge in [-0.05, 0) is 106 Å². The van der Waals surface area contributed by atoms with Crippen LogP contribution in [-0.4, -0.2) is 0 Å². The molecule has 6 rings (SSSR count). The van der Waals surface area contributed by atoms with Crippen molar-refractivity contribution in [2.45, 2.75) is 58.8 Å². The van der Waals surface area contributed by atoms with Crippen LogP contribution in [-0.2, 0) is 12.8 Å². The molecule has 224 valence electrons. The van der Waals surface area contributed by atoms with E-state index in [1.807, 2.05) is 0 Å². The van der Waals surface area contributed by atoms with Crippen molar-refractivity contribution in [1.82, 2.24) is 0 Å². The van der Waals surface area contributed by atoms with Gasteiger partial charge < -0.3 is 0 Å². The summed E-state index contributed by atoms with van der Waals surface area (Å²) in [6.07, 6.45) is 8.79. The molecule has 0 nitrogen and oxygen atoms in total. The van der Waals surface area contributed by atoms with Crippen molar-refractivity contribution in [2.75, 3.05) is 0 Å². The Morgan fingerprint density at radius 2 is 0.667 bits per heavy atom. The largest absolute Gasteiger partial charge is 0.0622 e. The van der Waals surface area contributed by atoms with Gasteiger partial charge in [0.1, 0.15) is 0 Å². The number of aryl methyl sites for hydroxylation is 4. The van der Waals surface area contributed by atoms with Crippen molar-refractivity contribution < 1.29 is 0 Å². The standard InChI is InChI=1S/C45H44/c1-34-32-42(28-30-44(34)40-16-10-6-11-17-40)38-24-20-36(21-25-38)14-8-4-3-5-9-15-37-22-26-39(27-23-37)43-29-31-45(35(2)33-43)41-18-12-7-13-19-41/h6-7,10-13,16-33H,3-5,8-9,14-15H2,1-2H3. The van der Waals surface area contributed by atoms with Crippen molar-refractivity contribution in [3.05, 3.63) is 168 Å². The first-order valence-corrected chi connectivity index (χ1v) is 16.6. The molecule has 0 bridgehead atoms. The average Bonchev–Trinajstić information content (AvgIpc) is 3.09. The molecule has 0 atom stereocenters. The van der Waals surface area contributed by atoms with E-state index in [0.29, 0.717) is 0 Å². The quantitative estimate of drug-likeness (QED) is 0.126. The van der Waals surface area contributed by atoms with Gasteiger partial charge in [0.25, 0.3) is 0 Å². The minimum atomic E-state index is 1.17. The third-order valence-corrected chi connectivity index (χ3v) is 9.13. The monoisotopic (exact) mass is 584 g/mol. The van der Waals surface area contributed by atoms with Crippen LogP contribution in [0, 0.1) is 13.8 Å². The maximum atomic E-state index is 2.32. The summed E-state index contributed by atoms with van der Waals surface area (Å²) in [5.74, 6) is 0. The smallest absolute Gasteiger partial charge is 0.0154 e. The summed E-state index contributed by atoms with van der Waals surface area (Å²) in [6.45, 7) is 4.42. The maximum absolute atomic E-state index is 2.32. The molecule has 6 aromatic rings. The minimum Gasteiger partial charge on any atom is -0.0622 e. The summed E-state index contributed by atoms with van der Waals surface area (Å²) in [6, 6.07) is 53.4. The number of benzene rings is 6. The molecule has 0 saturated carbocycles. The summed E-state index contributed by atoms with van der Waals surface area (Å²) in [5.41, 5.74) is 15.9. The van der Waals surface area contributed by atoms with Crippen molar-refractivity contribution >= 4 is 0 Å². The second kappa shape index (κ2) is 14.9. The lowest BCUT2D eigenvalue weighted by Crippen LogP contribution is -1.90. The predicted octanol–water partition coefficient (Wildman–Crippen LogP) is 12.7. The Morgan fingerprint density at radius 3 is 1.04 bits per heavy atom. The first-order valence-electron chi connectivity index (χ1n) is 16.6. The van der Waals surface area contributed by atoms with Crippen LogP contribution >= 0.6 is 0 Å². The highest BCUT2D eigenvalue weighted by molar-refractivity contribution is 5.74. The Labute approximate surface area is 270 Å². The molecule has 0 heterocycles. The highest BCUT2D eigenvalue weighted by Crippen LogP contribution is 2.30. The van der Waals surface area contributed by atoms with Gasteiger partial charge >= 0.3 is 0 Å². The SMILES string of the molecule is Cc1cc(-c2ccc(CCCCCCCc3ccc(-c4ccc(-c5ccccc5)c(C)c4)cc3)cc2)ccc1-c1ccccc1. The van der Waals surface area contributed by atoms with Gasteiger partial charge in [-0.1, -0.05) is 165 Å². The molecule has 0 radical (unpaired) electrons. The van der Waals surface area contributed by atoms with Crippen LogP contribution in [0.15, 0.2) is 146 Å². The third-order valence-electron chi connectivity index (χ3n) is 9.13. The molecule has 45 heavy (non-hydrogen) atoms. The summed E-state index contributed by atoms with van der Waals surface area (Å²) in [5, 5.41) is 0. The lowest BCUT2D eigenvalue weighted by atomic mass is 9.95. The second-order valence-electron chi connectivity index (χ2n) is 12.5. The molecule has 0 fully saturated rings. The zero-order chi connectivity index (χ0) is 30.8. The van der Waals surface area contributed by atoms with Crippen molar-refractivity contribution in [1.29, 1.82) is 0 Å². The van der Waals surface area contributed by atoms with Crippen LogP contribution in [0.5, 0.6) is 0 Å². The molecular weight excluding hydrogens is 540 g/mol. The number of unbranched alkanes of at least 4 members (excludes halogenated alkanes) is 4. The Kier molecular flexibility index (Phi) is 10.0. The van der Waals surface area contributed by atoms with Gasteiger partial charge in [0, 0.05) is 0 Å². The highest BCUT2D eigenvalue weighted by atomic mass is 14.1. The van der Waals surface area contributed by atoms with Crippen LogP contribution in [0.1, 0.15) is 54.4 Å². The molecule has 0 amide bonds. The van der Waals surface area contributed by atoms with Gasteiger partial charge in [-0.2, -0.15) is 0 Å². The van der Waals surface area contributed by atoms with Crippen molar-refractivity contribution in [3.63, 3.8) is 0 Å². The van der Waals surface area contributed by atoms with Crippen LogP contribution in [0.3, 0.4) is 0 Å². The van der Waals surface area contributed by atoms with Gasteiger partial charge in [0.05, 0.1) is 0 Å². The van der Waals surface area contributed by atoms with E-state index in [1.165, 1.54) is 112 Å². The van der Waals surface area contributed by atoms with Crippen LogP contribution in [0.25, 0.3) is 44.5 Å². The zero-order valence-corrected chi connectivity index (χ0v) is 26.8. The van der Waals surface area contributed by atoms with Crippen molar-refractivity contribution in [2.24, 2.45) is 0 Å². The number of hydrogen-bond acceptors (Lipinski definition) is 0. The second-order valence-corrected chi connectivity index (χ2v) is 12.5. The van der Waals surface area contributed by atoms with E-state index in [4.69, 9.17) is 0 Å². The van der Waals surface area contributed by atoms with Crippen LogP contribution in [0.4, 0.5) is 0 Å². The highest BCUT2D eigenvalue weighted by Gasteiger charge is 2.07. The fourth-order valence-electron chi connectivity index (χ4n) is 6.49. The first kappa shape index (κ1) is 30.4. The predicted molar refractivity (Wildman–Crippen MR) is 195 cm³/mol. The van der Waals surface area contributed by atoms with E-state index in [2.05, 4.69) is 159 Å². The van der Waals surface area contributed by atoms with Gasteiger partial charge in [-0.25, -0.2) is 0 Å². The topological polar surface area (TPSA) is 0 Å². The molecule has 0 aliphatic heterocycles. The van der Waals surface area contributed by atoms with Gasteiger partial charge in [0.15, 0.2) is 0 Å². The van der Waals surface area contributed by atoms with E-state index in [1.54, 1.807) is 0 Å². The Morgan fingerprint density at radius 1 is 0.311 bits per heavy atom. The number of rotatable bonds is 12. The summed E-state index contributed by atoms with van der Waals surface area (Å²) in [4.78, 5) is 0. The molecule has 0 aliphatic carbocycles. The maximum Gasteiger partial charge on any atom is -0.0154 e. The fourth-order valence-corrected chi connectivity index (χ4v) is 6.49. The Bertz CT molecular complexity index is 1660. The Balaban J connectivity index is 0.909. The van der Waals surface area contributed by atoms with E-state index in [9.17, 15) is 0 Å². The summed E-state index contributed by atoms with van der Waals surface area (Å²) < 4.78 is 0. The summed E-state index contributed by atoms with van der Waals surface area (Å²) in [7, 11) is 0. The molecular formula is C45H44. The normalized spacial score (nSPS) is 11.1. The molecule has 6 aromatic carbocycles. The van der Waals surface area contributed by atoms with Crippen LogP contribution in [0.2, 0.25) is 0 Å². The van der Waals surface area contributed by atoms with Gasteiger partial charge in [0.2, 0.25) is 0 Å². The van der Waals surface area contributed by atoms with Crippen molar-refractivity contribution in [3.8, 4) is 44.5 Å². The van der Waals surface area contributed by atoms with E-state index >= 15 is 0 Å². The number of hydrogen-bond donors (Lipinski definition) is 0. The molecule has 0 unspecified atom stereocenters. The van der Waals surface area contributed by atoms with Gasteiger partial charge in [-0.3, -0.25) is 0 Å². The van der Waals surface area contributed by atoms with E-state index < -0.39 is 0 Å². The zero-order valence-electron chi connectivity index (χ0n) is 26.8. The molecule has 0 spiro atoms. The molecule has 0 aliphatic rings. The minimum absolute atomic E-state index is 1.17. The molecule has 0 N–H and O–H groups in total. The van der Waals surface area contributed by atoms with E-state index in [0.717, 1.165) is 0 Å². The van der Waals surface area contributed by atoms with E-state index in [-0.39, 0.29) is 0 Å². The first-order chi connectivity index (χ1) is 22.1. The third kappa shape index (κ3) is 7.89. The molecule has 0 heteroatoms. The van der Waals surface area contributed by atoms with Crippen LogP contribution < -0.4 is 0 Å². The van der Waals surface area contributed by atoms with Gasteiger partial charge in [-0.15, -0.1) is 0 Å². The average molecular weight is 585 g/mol. The molecule has 0 aromatic heterocycles. The lowest BCUT2D eigenvalue weighted by molar-refractivity contribution is 0.613. The summed E-state index contributed by atoms with van der Waals surface area (Å²) >= 11 is 0. The lowest BCUT2D eigenvalue weighted by Gasteiger charge is -2.10.